The van der Waals surface area contributed by atoms with Gasteiger partial charge in [0.05, 0.1) is 44.7 Å². The molecule has 0 unspecified atom stereocenters. The summed E-state index contributed by atoms with van der Waals surface area (Å²) in [5, 5.41) is 0.688. The van der Waals surface area contributed by atoms with E-state index >= 15 is 0 Å². The zero-order valence-corrected chi connectivity index (χ0v) is 32.8. The summed E-state index contributed by atoms with van der Waals surface area (Å²) < 4.78 is 35.1. The highest BCUT2D eigenvalue weighted by Crippen LogP contribution is 2.57. The van der Waals surface area contributed by atoms with Crippen molar-refractivity contribution in [3.05, 3.63) is 64.8 Å². The van der Waals surface area contributed by atoms with E-state index in [0.29, 0.717) is 59.8 Å². The number of Topliss-reactive ketones (excluding diaryl/α,β-unsaturated/α-hetero) is 1. The van der Waals surface area contributed by atoms with Crippen molar-refractivity contribution in [1.82, 2.24) is 19.6 Å². The first-order valence-corrected chi connectivity index (χ1v) is 21.6. The molecule has 6 atom stereocenters. The Morgan fingerprint density at radius 3 is 2.61 bits per heavy atom. The fourth-order valence-electron chi connectivity index (χ4n) is 8.91. The molecule has 0 spiro atoms. The van der Waals surface area contributed by atoms with E-state index in [1.807, 2.05) is 49.4 Å². The lowest BCUT2D eigenvalue weighted by atomic mass is 9.87. The van der Waals surface area contributed by atoms with Gasteiger partial charge in [0.2, 0.25) is 21.8 Å². The molecular formula is C42H49ClN4O6S. The maximum Gasteiger partial charge on any atom is 0.240 e. The van der Waals surface area contributed by atoms with Gasteiger partial charge in [0.25, 0.3) is 0 Å². The van der Waals surface area contributed by atoms with E-state index < -0.39 is 38.7 Å². The summed E-state index contributed by atoms with van der Waals surface area (Å²) in [5.74, 6) is -0.510. The second kappa shape index (κ2) is 14.3. The van der Waals surface area contributed by atoms with Crippen LogP contribution in [0.1, 0.15) is 108 Å². The predicted molar refractivity (Wildman–Crippen MR) is 207 cm³/mol. The number of sulfonamides is 1. The number of hydrogen-bond acceptors (Lipinski definition) is 8. The van der Waals surface area contributed by atoms with Crippen molar-refractivity contribution in [3.63, 3.8) is 0 Å². The van der Waals surface area contributed by atoms with Crippen LogP contribution in [0.5, 0.6) is 5.75 Å². The number of ketones is 1. The molecule has 3 aliphatic heterocycles. The molecule has 54 heavy (non-hydrogen) atoms. The minimum absolute atomic E-state index is 0.0282. The maximum absolute atomic E-state index is 14.6. The summed E-state index contributed by atoms with van der Waals surface area (Å²) in [6, 6.07) is 10.5. The first kappa shape index (κ1) is 37.1. The topological polar surface area (TPSA) is 136 Å². The normalized spacial score (nSPS) is 29.4. The Morgan fingerprint density at radius 2 is 1.83 bits per heavy atom. The van der Waals surface area contributed by atoms with Crippen LogP contribution in [0.2, 0.25) is 5.02 Å². The number of aromatic nitrogens is 2. The minimum Gasteiger partial charge on any atom is -0.487 e. The summed E-state index contributed by atoms with van der Waals surface area (Å²) in [7, 11) is -3.80. The van der Waals surface area contributed by atoms with E-state index in [-0.39, 0.29) is 48.3 Å². The lowest BCUT2D eigenvalue weighted by Gasteiger charge is -2.39. The first-order chi connectivity index (χ1) is 25.9. The van der Waals surface area contributed by atoms with Crippen molar-refractivity contribution in [2.24, 2.45) is 17.3 Å². The van der Waals surface area contributed by atoms with Gasteiger partial charge in [-0.05, 0) is 93.9 Å². The van der Waals surface area contributed by atoms with Crippen molar-refractivity contribution in [2.45, 2.75) is 127 Å². The number of piperidine rings is 1. The second-order valence-corrected chi connectivity index (χ2v) is 18.9. The Hall–Kier alpha value is -3.83. The summed E-state index contributed by atoms with van der Waals surface area (Å²) in [5.41, 5.74) is 2.54. The van der Waals surface area contributed by atoms with Gasteiger partial charge in [-0.3, -0.25) is 24.1 Å². The smallest absolute Gasteiger partial charge is 0.240 e. The van der Waals surface area contributed by atoms with Gasteiger partial charge in [0.15, 0.2) is 5.78 Å². The average Bonchev–Trinajstić information content (AvgIpc) is 4.08. The standard InChI is InChI=1S/C42H49ClN4O6S/c1-24(2)30-12-9-13-31(44-30)32-20-36(29-18-14-25(3)38(43)39(29)45-32)53-37-21-34-35(48)23-42(41(50)46-54(51,52)28-16-17-28)22-27(42)11-8-6-4-5-7-10-26-15-19-33(37)47(34)40(26)49/h8-9,11-14,18,20,24,26-28,33-34,37H,4-7,10,15-17,19,21-23H2,1-3H3,(H,46,50)/b11-8-/t26-,27+,33+,34-,37+,42+/m0/s1. The largest absolute Gasteiger partial charge is 0.487 e. The third kappa shape index (κ3) is 6.95. The number of aryl methyl sites for hydroxylation is 1. The van der Waals surface area contributed by atoms with Crippen LogP contribution >= 0.6 is 11.6 Å². The number of halogens is 1. The molecule has 10 nitrogen and oxygen atoms in total. The van der Waals surface area contributed by atoms with Crippen LogP contribution in [0.25, 0.3) is 22.3 Å². The third-order valence-electron chi connectivity index (χ3n) is 12.4. The van der Waals surface area contributed by atoms with Gasteiger partial charge in [0.1, 0.15) is 11.9 Å². The van der Waals surface area contributed by atoms with Crippen LogP contribution in [0.4, 0.5) is 0 Å². The highest BCUT2D eigenvalue weighted by molar-refractivity contribution is 7.90. The number of allylic oxidation sites excluding steroid dienone is 2. The van der Waals surface area contributed by atoms with Crippen LogP contribution in [0.3, 0.4) is 0 Å². The van der Waals surface area contributed by atoms with Gasteiger partial charge in [-0.25, -0.2) is 13.4 Å². The molecule has 2 bridgehead atoms. The third-order valence-corrected chi connectivity index (χ3v) is 14.7. The van der Waals surface area contributed by atoms with Gasteiger partial charge < -0.3 is 9.64 Å². The number of carbonyl (C=O) groups is 3. The number of hydrogen-bond donors (Lipinski definition) is 1. The molecule has 8 rings (SSSR count). The van der Waals surface area contributed by atoms with E-state index in [2.05, 4.69) is 24.6 Å². The van der Waals surface area contributed by atoms with Gasteiger partial charge >= 0.3 is 0 Å². The maximum atomic E-state index is 14.6. The Labute approximate surface area is 322 Å². The lowest BCUT2D eigenvalue weighted by molar-refractivity contribution is -0.147. The molecule has 4 fully saturated rings. The molecule has 2 aliphatic carbocycles. The molecule has 2 saturated carbocycles. The van der Waals surface area contributed by atoms with Crippen LogP contribution in [-0.2, 0) is 24.4 Å². The fraction of sp³-hybridized carbons (Fsp3) is 0.548. The van der Waals surface area contributed by atoms with E-state index in [0.717, 1.165) is 48.7 Å². The molecule has 1 aromatic carbocycles. The van der Waals surface area contributed by atoms with Crippen LogP contribution < -0.4 is 9.46 Å². The molecular weight excluding hydrogens is 724 g/mol. The monoisotopic (exact) mass is 772 g/mol. The van der Waals surface area contributed by atoms with E-state index in [9.17, 15) is 22.8 Å². The zero-order valence-electron chi connectivity index (χ0n) is 31.2. The molecule has 286 valence electrons. The predicted octanol–water partition coefficient (Wildman–Crippen LogP) is 7.60. The summed E-state index contributed by atoms with van der Waals surface area (Å²) >= 11 is 6.89. The molecule has 3 aromatic rings. The number of fused-ring (bicyclic) bond motifs is 3. The zero-order chi connectivity index (χ0) is 37.9. The minimum atomic E-state index is -3.80. The summed E-state index contributed by atoms with van der Waals surface area (Å²) in [6.07, 6.45) is 11.0. The van der Waals surface area contributed by atoms with Gasteiger partial charge in [-0.15, -0.1) is 0 Å². The van der Waals surface area contributed by atoms with Crippen LogP contribution in [0, 0.1) is 24.2 Å². The lowest BCUT2D eigenvalue weighted by Crippen LogP contribution is -2.53. The Morgan fingerprint density at radius 1 is 1.02 bits per heavy atom. The Kier molecular flexibility index (Phi) is 9.86. The van der Waals surface area contributed by atoms with E-state index in [4.69, 9.17) is 26.3 Å². The van der Waals surface area contributed by atoms with Crippen LogP contribution in [0.15, 0.2) is 48.6 Å². The number of nitrogens with zero attached hydrogens (tertiary/aromatic N) is 3. The van der Waals surface area contributed by atoms with E-state index in [1.165, 1.54) is 0 Å². The fourth-order valence-corrected chi connectivity index (χ4v) is 10.5. The van der Waals surface area contributed by atoms with Crippen molar-refractivity contribution < 1.29 is 27.5 Å². The number of nitrogens with one attached hydrogen (secondary N) is 1. The van der Waals surface area contributed by atoms with Crippen molar-refractivity contribution in [1.29, 1.82) is 0 Å². The molecule has 2 amide bonds. The van der Waals surface area contributed by atoms with Crippen LogP contribution in [-0.4, -0.2) is 64.3 Å². The van der Waals surface area contributed by atoms with Gasteiger partial charge in [0, 0.05) is 35.9 Å². The number of benzene rings is 1. The molecule has 2 saturated heterocycles. The van der Waals surface area contributed by atoms with Gasteiger partial charge in [-0.2, -0.15) is 0 Å². The molecule has 5 heterocycles. The number of rotatable bonds is 7. The highest BCUT2D eigenvalue weighted by Gasteiger charge is 2.62. The number of carbonyl (C=O) groups excluding carboxylic acids is 3. The van der Waals surface area contributed by atoms with Crippen molar-refractivity contribution in [3.8, 4) is 17.1 Å². The number of amides is 2. The SMILES string of the molecule is Cc1ccc2c(O[C@@H]3C[C@H]4C(=O)C[C@]5(C(=O)NS(=O)(=O)C6CC6)C[C@H]5/C=C\CCCCC[C@H]5CC[C@H]3N4C5=O)cc(-c3cccc(C(C)C)n3)nc2c1Cl. The van der Waals surface area contributed by atoms with Gasteiger partial charge in [-0.1, -0.05) is 62.6 Å². The molecule has 2 aromatic heterocycles. The quantitative estimate of drug-likeness (QED) is 0.243. The molecule has 5 aliphatic rings. The first-order valence-electron chi connectivity index (χ1n) is 19.7. The molecule has 0 radical (unpaired) electrons. The number of ether oxygens (including phenoxy) is 1. The van der Waals surface area contributed by atoms with Crippen molar-refractivity contribution >= 4 is 50.1 Å². The van der Waals surface area contributed by atoms with E-state index in [1.54, 1.807) is 4.90 Å². The summed E-state index contributed by atoms with van der Waals surface area (Å²) in [6.45, 7) is 6.11. The Bertz CT molecular complexity index is 2150. The average molecular weight is 773 g/mol. The molecule has 1 N–H and O–H groups in total. The Balaban J connectivity index is 1.15. The number of pyridine rings is 2. The highest BCUT2D eigenvalue weighted by atomic mass is 35.5. The second-order valence-electron chi connectivity index (χ2n) is 16.5. The summed E-state index contributed by atoms with van der Waals surface area (Å²) in [4.78, 5) is 54.4. The van der Waals surface area contributed by atoms with Crippen molar-refractivity contribution in [2.75, 3.05) is 0 Å². The molecule has 12 heteroatoms.